The van der Waals surface area contributed by atoms with Gasteiger partial charge in [0.1, 0.15) is 0 Å². The predicted molar refractivity (Wildman–Crippen MR) is 62.9 cm³/mol. The van der Waals surface area contributed by atoms with E-state index in [4.69, 9.17) is 5.73 Å². The third kappa shape index (κ3) is 1.42. The number of rotatable bonds is 1. The number of nitrogens with two attached hydrogens (primary N) is 1. The Bertz CT molecular complexity index is 445. The third-order valence-electron chi connectivity index (χ3n) is 2.16. The predicted octanol–water partition coefficient (Wildman–Crippen LogP) is 3.33. The first-order valence-electron chi connectivity index (χ1n) is 4.22. The van der Waals surface area contributed by atoms with Crippen LogP contribution in [0.5, 0.6) is 0 Å². The lowest BCUT2D eigenvalue weighted by atomic mass is 10.1. The minimum absolute atomic E-state index is 0.941. The first-order valence-corrected chi connectivity index (χ1v) is 5.48. The Kier molecular flexibility index (Phi) is 2.22. The van der Waals surface area contributed by atoms with Crippen molar-refractivity contribution in [2.24, 2.45) is 0 Å². The van der Waals surface area contributed by atoms with Crippen molar-refractivity contribution in [2.45, 2.75) is 18.2 Å². The molecule has 1 nitrogen and oxygen atoms in total. The van der Waals surface area contributed by atoms with Gasteiger partial charge in [0.25, 0.3) is 0 Å². The zero-order valence-electron chi connectivity index (χ0n) is 7.37. The number of aryl methyl sites for hydroxylation is 1. The quantitative estimate of drug-likeness (QED) is 0.692. The zero-order chi connectivity index (χ0) is 9.42. The van der Waals surface area contributed by atoms with Gasteiger partial charge < -0.3 is 5.73 Å². The average Bonchev–Trinajstić information content (AvgIpc) is 2.39. The van der Waals surface area contributed by atoms with E-state index in [1.54, 1.807) is 11.3 Å². The van der Waals surface area contributed by atoms with E-state index in [0.29, 0.717) is 0 Å². The Labute approximate surface area is 87.0 Å². The number of hydrogen-bond acceptors (Lipinski definition) is 3. The molecule has 0 radical (unpaired) electrons. The summed E-state index contributed by atoms with van der Waals surface area (Å²) in [6.45, 7) is 2.13. The molecule has 0 aliphatic rings. The van der Waals surface area contributed by atoms with Crippen molar-refractivity contribution in [3.63, 3.8) is 0 Å². The number of hydrogen-bond donors (Lipinski definition) is 2. The Balaban J connectivity index is 2.79. The molecule has 0 aliphatic carbocycles. The van der Waals surface area contributed by atoms with Crippen molar-refractivity contribution in [1.82, 2.24) is 0 Å². The van der Waals surface area contributed by atoms with Crippen LogP contribution >= 0.6 is 24.0 Å². The summed E-state index contributed by atoms with van der Waals surface area (Å²) in [6, 6.07) is 6.18. The van der Waals surface area contributed by atoms with Crippen LogP contribution in [0.2, 0.25) is 0 Å². The summed E-state index contributed by atoms with van der Waals surface area (Å²) in [6.07, 6.45) is 0.998. The Morgan fingerprint density at radius 1 is 1.46 bits per heavy atom. The maximum Gasteiger partial charge on any atom is 0.0901 e. The van der Waals surface area contributed by atoms with Gasteiger partial charge in [0.15, 0.2) is 0 Å². The van der Waals surface area contributed by atoms with Crippen LogP contribution in [0.15, 0.2) is 23.1 Å². The smallest absolute Gasteiger partial charge is 0.0901 e. The fourth-order valence-electron chi connectivity index (χ4n) is 1.52. The SMILES string of the molecule is CCc1c(N)sc2cc(S)ccc12. The number of thiophene rings is 1. The van der Waals surface area contributed by atoms with Crippen LogP contribution in [-0.4, -0.2) is 0 Å². The molecule has 2 N–H and O–H groups in total. The molecule has 1 heterocycles. The highest BCUT2D eigenvalue weighted by atomic mass is 32.1. The highest BCUT2D eigenvalue weighted by Crippen LogP contribution is 2.34. The summed E-state index contributed by atoms with van der Waals surface area (Å²) in [5.74, 6) is 0. The van der Waals surface area contributed by atoms with Gasteiger partial charge in [-0.3, -0.25) is 0 Å². The molecule has 0 saturated heterocycles. The van der Waals surface area contributed by atoms with Crippen LogP contribution in [0, 0.1) is 0 Å². The summed E-state index contributed by atoms with van der Waals surface area (Å²) >= 11 is 5.95. The van der Waals surface area contributed by atoms with E-state index >= 15 is 0 Å². The van der Waals surface area contributed by atoms with Gasteiger partial charge in [0, 0.05) is 9.60 Å². The van der Waals surface area contributed by atoms with Crippen molar-refractivity contribution in [3.05, 3.63) is 23.8 Å². The van der Waals surface area contributed by atoms with Crippen LogP contribution in [0.1, 0.15) is 12.5 Å². The van der Waals surface area contributed by atoms with Crippen molar-refractivity contribution < 1.29 is 0 Å². The van der Waals surface area contributed by atoms with Crippen LogP contribution in [-0.2, 0) is 6.42 Å². The van der Waals surface area contributed by atoms with E-state index in [1.165, 1.54) is 15.6 Å². The van der Waals surface area contributed by atoms with E-state index in [1.807, 2.05) is 6.07 Å². The molecule has 1 aromatic heterocycles. The molecule has 68 valence electrons. The van der Waals surface area contributed by atoms with E-state index in [9.17, 15) is 0 Å². The maximum atomic E-state index is 5.91. The Morgan fingerprint density at radius 2 is 2.23 bits per heavy atom. The number of benzene rings is 1. The number of nitrogen functional groups attached to an aromatic ring is 1. The minimum atomic E-state index is 0.941. The maximum absolute atomic E-state index is 5.91. The van der Waals surface area contributed by atoms with Crippen molar-refractivity contribution in [1.29, 1.82) is 0 Å². The molecule has 2 aromatic rings. The van der Waals surface area contributed by atoms with Gasteiger partial charge in [-0.05, 0) is 29.5 Å². The van der Waals surface area contributed by atoms with E-state index in [0.717, 1.165) is 16.3 Å². The number of thiol groups is 1. The molecular weight excluding hydrogens is 198 g/mol. The van der Waals surface area contributed by atoms with Gasteiger partial charge >= 0.3 is 0 Å². The highest BCUT2D eigenvalue weighted by molar-refractivity contribution is 7.80. The molecule has 1 aromatic carbocycles. The molecule has 0 unspecified atom stereocenters. The van der Waals surface area contributed by atoms with Crippen LogP contribution in [0.25, 0.3) is 10.1 Å². The molecular formula is C10H11NS2. The molecule has 0 bridgehead atoms. The fourth-order valence-corrected chi connectivity index (χ4v) is 2.91. The molecule has 2 rings (SSSR count). The lowest BCUT2D eigenvalue weighted by molar-refractivity contribution is 1.17. The van der Waals surface area contributed by atoms with Crippen molar-refractivity contribution in [2.75, 3.05) is 5.73 Å². The standard InChI is InChI=1S/C10H11NS2/c1-2-7-8-4-3-6(12)5-9(8)13-10(7)11/h3-5,12H,2,11H2,1H3. The summed E-state index contributed by atoms with van der Waals surface area (Å²) in [7, 11) is 0. The van der Waals surface area contributed by atoms with Crippen molar-refractivity contribution in [3.8, 4) is 0 Å². The molecule has 0 atom stereocenters. The van der Waals surface area contributed by atoms with Crippen LogP contribution in [0.3, 0.4) is 0 Å². The first-order chi connectivity index (χ1) is 6.22. The van der Waals surface area contributed by atoms with E-state index in [-0.39, 0.29) is 0 Å². The summed E-state index contributed by atoms with van der Waals surface area (Å²) in [5.41, 5.74) is 7.18. The van der Waals surface area contributed by atoms with Gasteiger partial charge in [-0.1, -0.05) is 13.0 Å². The van der Waals surface area contributed by atoms with Gasteiger partial charge in [-0.15, -0.1) is 24.0 Å². The van der Waals surface area contributed by atoms with E-state index < -0.39 is 0 Å². The lowest BCUT2D eigenvalue weighted by Gasteiger charge is -1.95. The molecule has 3 heteroatoms. The average molecular weight is 209 g/mol. The van der Waals surface area contributed by atoms with Crippen molar-refractivity contribution >= 4 is 39.1 Å². The molecule has 0 amide bonds. The van der Waals surface area contributed by atoms with E-state index in [2.05, 4.69) is 31.7 Å². The Morgan fingerprint density at radius 3 is 2.92 bits per heavy atom. The highest BCUT2D eigenvalue weighted by Gasteiger charge is 2.07. The van der Waals surface area contributed by atoms with Gasteiger partial charge in [-0.25, -0.2) is 0 Å². The Hall–Kier alpha value is -0.670. The normalized spacial score (nSPS) is 10.9. The summed E-state index contributed by atoms with van der Waals surface area (Å²) in [5, 5.41) is 2.22. The molecule has 13 heavy (non-hydrogen) atoms. The monoisotopic (exact) mass is 209 g/mol. The molecule has 0 fully saturated rings. The molecule has 0 saturated carbocycles. The minimum Gasteiger partial charge on any atom is -0.390 e. The molecule has 0 aliphatic heterocycles. The van der Waals surface area contributed by atoms with Crippen LogP contribution in [0.4, 0.5) is 5.00 Å². The van der Waals surface area contributed by atoms with Gasteiger partial charge in [-0.2, -0.15) is 0 Å². The fraction of sp³-hybridized carbons (Fsp3) is 0.200. The first kappa shape index (κ1) is 8.91. The van der Waals surface area contributed by atoms with Crippen LogP contribution < -0.4 is 5.73 Å². The second-order valence-corrected chi connectivity index (χ2v) is 4.58. The summed E-state index contributed by atoms with van der Waals surface area (Å²) in [4.78, 5) is 0.997. The van der Waals surface area contributed by atoms with Gasteiger partial charge in [0.2, 0.25) is 0 Å². The number of anilines is 1. The second-order valence-electron chi connectivity index (χ2n) is 2.98. The molecule has 0 spiro atoms. The van der Waals surface area contributed by atoms with Gasteiger partial charge in [0.05, 0.1) is 5.00 Å². The topological polar surface area (TPSA) is 26.0 Å². The lowest BCUT2D eigenvalue weighted by Crippen LogP contribution is -1.85. The largest absolute Gasteiger partial charge is 0.390 e. The second kappa shape index (κ2) is 3.24. The zero-order valence-corrected chi connectivity index (χ0v) is 9.08. The third-order valence-corrected chi connectivity index (χ3v) is 3.46. The summed E-state index contributed by atoms with van der Waals surface area (Å²) < 4.78 is 1.24. The number of fused-ring (bicyclic) bond motifs is 1.